The summed E-state index contributed by atoms with van der Waals surface area (Å²) in [5.74, 6) is -0.441. The molecule has 1 fully saturated rings. The lowest BCUT2D eigenvalue weighted by Crippen LogP contribution is -2.27. The van der Waals surface area contributed by atoms with Gasteiger partial charge in [0.05, 0.1) is 0 Å². The molecule has 0 radical (unpaired) electrons. The standard InChI is InChI=1S/C16H17Cl2N3O3S/c1-20-10-14(25(23,24)21-4-2-3-5-21)9-15(20)16(22)19-13-7-11(17)6-12(18)8-13/h6-10H,2-5H2,1H3,(H,19,22). The zero-order valence-corrected chi connectivity index (χ0v) is 15.8. The lowest BCUT2D eigenvalue weighted by molar-refractivity contribution is 0.101. The second-order valence-corrected chi connectivity index (χ2v) is 8.71. The van der Waals surface area contributed by atoms with Crippen LogP contribution in [-0.2, 0) is 17.1 Å². The highest BCUT2D eigenvalue weighted by molar-refractivity contribution is 7.89. The van der Waals surface area contributed by atoms with Gasteiger partial charge in [0.25, 0.3) is 5.91 Å². The fourth-order valence-corrected chi connectivity index (χ4v) is 4.91. The predicted octanol–water partition coefficient (Wildman–Crippen LogP) is 3.37. The van der Waals surface area contributed by atoms with E-state index in [4.69, 9.17) is 23.2 Å². The molecule has 1 aliphatic rings. The largest absolute Gasteiger partial charge is 0.345 e. The van der Waals surface area contributed by atoms with E-state index in [2.05, 4.69) is 5.32 Å². The maximum absolute atomic E-state index is 12.6. The Balaban J connectivity index is 1.85. The van der Waals surface area contributed by atoms with Crippen molar-refractivity contribution in [3.63, 3.8) is 0 Å². The van der Waals surface area contributed by atoms with Crippen LogP contribution in [0.15, 0.2) is 35.4 Å². The van der Waals surface area contributed by atoms with Crippen LogP contribution < -0.4 is 5.32 Å². The average molecular weight is 402 g/mol. The number of nitrogens with one attached hydrogen (secondary N) is 1. The van der Waals surface area contributed by atoms with Gasteiger partial charge in [-0.1, -0.05) is 23.2 Å². The molecule has 1 aromatic heterocycles. The number of aromatic nitrogens is 1. The third-order valence-corrected chi connectivity index (χ3v) is 6.34. The number of aryl methyl sites for hydroxylation is 1. The molecule has 9 heteroatoms. The van der Waals surface area contributed by atoms with Gasteiger partial charge in [-0.05, 0) is 37.1 Å². The molecule has 3 rings (SSSR count). The van der Waals surface area contributed by atoms with E-state index in [1.807, 2.05) is 0 Å². The molecule has 25 heavy (non-hydrogen) atoms. The molecule has 1 N–H and O–H groups in total. The molecule has 1 aromatic carbocycles. The molecule has 0 spiro atoms. The number of carbonyl (C=O) groups excluding carboxylic acids is 1. The number of anilines is 1. The van der Waals surface area contributed by atoms with Crippen molar-refractivity contribution >= 4 is 44.8 Å². The van der Waals surface area contributed by atoms with Crippen LogP contribution in [-0.4, -0.2) is 36.3 Å². The first-order valence-electron chi connectivity index (χ1n) is 7.71. The summed E-state index contributed by atoms with van der Waals surface area (Å²) in [6.07, 6.45) is 3.16. The summed E-state index contributed by atoms with van der Waals surface area (Å²) in [7, 11) is -1.94. The lowest BCUT2D eigenvalue weighted by Gasteiger charge is -2.13. The topological polar surface area (TPSA) is 71.4 Å². The molecule has 1 amide bonds. The first-order valence-corrected chi connectivity index (χ1v) is 9.91. The van der Waals surface area contributed by atoms with E-state index in [1.54, 1.807) is 25.2 Å². The molecule has 0 atom stereocenters. The summed E-state index contributed by atoms with van der Waals surface area (Å²) >= 11 is 11.8. The van der Waals surface area contributed by atoms with Crippen molar-refractivity contribution in [3.8, 4) is 0 Å². The number of rotatable bonds is 4. The number of carbonyl (C=O) groups is 1. The van der Waals surface area contributed by atoms with Crippen molar-refractivity contribution in [2.75, 3.05) is 18.4 Å². The molecule has 1 saturated heterocycles. The van der Waals surface area contributed by atoms with Crippen LogP contribution in [0.1, 0.15) is 23.3 Å². The molecule has 0 unspecified atom stereocenters. The van der Waals surface area contributed by atoms with Crippen molar-refractivity contribution in [1.82, 2.24) is 8.87 Å². The number of benzene rings is 1. The van der Waals surface area contributed by atoms with Gasteiger partial charge in [-0.2, -0.15) is 4.31 Å². The zero-order valence-electron chi connectivity index (χ0n) is 13.5. The summed E-state index contributed by atoms with van der Waals surface area (Å²) < 4.78 is 28.2. The van der Waals surface area contributed by atoms with Gasteiger partial charge in [-0.15, -0.1) is 0 Å². The van der Waals surface area contributed by atoms with Gasteiger partial charge in [-0.3, -0.25) is 4.79 Å². The quantitative estimate of drug-likeness (QED) is 0.853. The van der Waals surface area contributed by atoms with Crippen molar-refractivity contribution in [1.29, 1.82) is 0 Å². The van der Waals surface area contributed by atoms with Gasteiger partial charge >= 0.3 is 0 Å². The average Bonchev–Trinajstić information content (AvgIpc) is 3.15. The first kappa shape index (κ1) is 18.3. The zero-order chi connectivity index (χ0) is 18.2. The molecule has 2 aromatic rings. The Morgan fingerprint density at radius 3 is 2.28 bits per heavy atom. The van der Waals surface area contributed by atoms with Gasteiger partial charge in [0.2, 0.25) is 10.0 Å². The number of hydrogen-bond acceptors (Lipinski definition) is 3. The third kappa shape index (κ3) is 3.84. The smallest absolute Gasteiger partial charge is 0.272 e. The van der Waals surface area contributed by atoms with E-state index in [9.17, 15) is 13.2 Å². The summed E-state index contributed by atoms with van der Waals surface area (Å²) in [4.78, 5) is 12.6. The second kappa shape index (κ2) is 6.99. The highest BCUT2D eigenvalue weighted by Gasteiger charge is 2.29. The van der Waals surface area contributed by atoms with E-state index in [0.717, 1.165) is 12.8 Å². The minimum Gasteiger partial charge on any atom is -0.345 e. The third-order valence-electron chi connectivity index (χ3n) is 4.04. The maximum Gasteiger partial charge on any atom is 0.272 e. The van der Waals surface area contributed by atoms with Crippen molar-refractivity contribution < 1.29 is 13.2 Å². The van der Waals surface area contributed by atoms with Crippen molar-refractivity contribution in [2.45, 2.75) is 17.7 Å². The van der Waals surface area contributed by atoms with Gasteiger partial charge < -0.3 is 9.88 Å². The summed E-state index contributed by atoms with van der Waals surface area (Å²) in [6, 6.07) is 6.07. The molecule has 0 aliphatic carbocycles. The normalized spacial score (nSPS) is 15.5. The second-order valence-electron chi connectivity index (χ2n) is 5.90. The van der Waals surface area contributed by atoms with Crippen LogP contribution in [0, 0.1) is 0 Å². The molecule has 134 valence electrons. The molecule has 1 aliphatic heterocycles. The highest BCUT2D eigenvalue weighted by atomic mass is 35.5. The number of nitrogens with zero attached hydrogens (tertiary/aromatic N) is 2. The van der Waals surface area contributed by atoms with Gasteiger partial charge in [0.15, 0.2) is 0 Å². The Kier molecular flexibility index (Phi) is 5.11. The van der Waals surface area contributed by atoms with E-state index in [1.165, 1.54) is 21.1 Å². The Labute approximate surface area is 156 Å². The van der Waals surface area contributed by atoms with Gasteiger partial charge in [0.1, 0.15) is 10.6 Å². The Morgan fingerprint density at radius 1 is 1.08 bits per heavy atom. The molecular formula is C16H17Cl2N3O3S. The van der Waals surface area contributed by atoms with Crippen LogP contribution in [0.4, 0.5) is 5.69 Å². The monoisotopic (exact) mass is 401 g/mol. The van der Waals surface area contributed by atoms with Gasteiger partial charge in [-0.25, -0.2) is 8.42 Å². The van der Waals surface area contributed by atoms with E-state index < -0.39 is 15.9 Å². The molecular weight excluding hydrogens is 385 g/mol. The van der Waals surface area contributed by atoms with Gasteiger partial charge in [0, 0.05) is 42.1 Å². The van der Waals surface area contributed by atoms with Crippen LogP contribution in [0.3, 0.4) is 0 Å². The fraction of sp³-hybridized carbons (Fsp3) is 0.312. The molecule has 0 bridgehead atoms. The summed E-state index contributed by atoms with van der Waals surface area (Å²) in [6.45, 7) is 1.03. The minimum absolute atomic E-state index is 0.117. The SMILES string of the molecule is Cn1cc(S(=O)(=O)N2CCCC2)cc1C(=O)Nc1cc(Cl)cc(Cl)c1. The number of hydrogen-bond donors (Lipinski definition) is 1. The Morgan fingerprint density at radius 2 is 1.68 bits per heavy atom. The maximum atomic E-state index is 12.6. The molecule has 0 saturated carbocycles. The van der Waals surface area contributed by atoms with Crippen LogP contribution in [0.5, 0.6) is 0 Å². The number of halogens is 2. The minimum atomic E-state index is -3.57. The first-order chi connectivity index (χ1) is 11.8. The Bertz CT molecular complexity index is 898. The van der Waals surface area contributed by atoms with Crippen LogP contribution >= 0.6 is 23.2 Å². The van der Waals surface area contributed by atoms with E-state index >= 15 is 0 Å². The highest BCUT2D eigenvalue weighted by Crippen LogP contribution is 2.25. The Hall–Kier alpha value is -1.54. The summed E-state index contributed by atoms with van der Waals surface area (Å²) in [5, 5.41) is 3.47. The fourth-order valence-electron chi connectivity index (χ4n) is 2.80. The number of sulfonamides is 1. The van der Waals surface area contributed by atoms with E-state index in [-0.39, 0.29) is 10.6 Å². The van der Waals surface area contributed by atoms with Crippen LogP contribution in [0.2, 0.25) is 10.0 Å². The predicted molar refractivity (Wildman–Crippen MR) is 97.8 cm³/mol. The van der Waals surface area contributed by atoms with Crippen LogP contribution in [0.25, 0.3) is 0 Å². The van der Waals surface area contributed by atoms with E-state index in [0.29, 0.717) is 28.8 Å². The van der Waals surface area contributed by atoms with Crippen molar-refractivity contribution in [3.05, 3.63) is 46.2 Å². The number of amides is 1. The molecule has 2 heterocycles. The lowest BCUT2D eigenvalue weighted by atomic mass is 10.3. The summed E-state index contributed by atoms with van der Waals surface area (Å²) in [5.41, 5.74) is 0.668. The van der Waals surface area contributed by atoms with Crippen molar-refractivity contribution in [2.24, 2.45) is 7.05 Å². The molecule has 6 nitrogen and oxygen atoms in total.